The Hall–Kier alpha value is -0.520. The van der Waals surface area contributed by atoms with Gasteiger partial charge in [-0.05, 0) is 41.0 Å². The molecule has 58 valence electrons. The minimum atomic E-state index is 1.12. The maximum Gasteiger partial charge on any atom is -0.0137 e. The predicted octanol–water partition coefficient (Wildman–Crippen LogP) is 3.70. The molecule has 0 heterocycles. The SMILES string of the molecule is CC(C)=CCC(C)=C(C)C. The van der Waals surface area contributed by atoms with Crippen LogP contribution < -0.4 is 0 Å². The van der Waals surface area contributed by atoms with E-state index in [1.165, 1.54) is 16.7 Å². The van der Waals surface area contributed by atoms with Crippen LogP contribution >= 0.6 is 0 Å². The minimum Gasteiger partial charge on any atom is -0.0818 e. The van der Waals surface area contributed by atoms with Crippen molar-refractivity contribution in [3.8, 4) is 0 Å². The fourth-order valence-corrected chi connectivity index (χ4v) is 0.561. The van der Waals surface area contributed by atoms with E-state index in [1.807, 2.05) is 0 Å². The average Bonchev–Trinajstić information content (AvgIpc) is 1.82. The Bertz CT molecular complexity index is 151. The van der Waals surface area contributed by atoms with Crippen LogP contribution in [-0.4, -0.2) is 0 Å². The van der Waals surface area contributed by atoms with Gasteiger partial charge in [-0.2, -0.15) is 0 Å². The Balaban J connectivity index is 3.94. The molecule has 0 unspecified atom stereocenters. The highest BCUT2D eigenvalue weighted by molar-refractivity contribution is 5.12. The molecule has 10 heavy (non-hydrogen) atoms. The molecular formula is C10H18. The fourth-order valence-electron chi connectivity index (χ4n) is 0.561. The summed E-state index contributed by atoms with van der Waals surface area (Å²) < 4.78 is 0. The van der Waals surface area contributed by atoms with E-state index in [0.717, 1.165) is 6.42 Å². The number of rotatable bonds is 2. The quantitative estimate of drug-likeness (QED) is 0.510. The maximum absolute atomic E-state index is 2.27. The molecule has 0 atom stereocenters. The van der Waals surface area contributed by atoms with Crippen LogP contribution in [0.3, 0.4) is 0 Å². The molecular weight excluding hydrogens is 120 g/mol. The molecule has 0 saturated carbocycles. The summed E-state index contributed by atoms with van der Waals surface area (Å²) in [5.41, 5.74) is 4.33. The van der Waals surface area contributed by atoms with Crippen molar-refractivity contribution in [2.45, 2.75) is 41.0 Å². The van der Waals surface area contributed by atoms with E-state index in [2.05, 4.69) is 40.7 Å². The van der Waals surface area contributed by atoms with Gasteiger partial charge in [-0.25, -0.2) is 0 Å². The van der Waals surface area contributed by atoms with Crippen LogP contribution in [0.25, 0.3) is 0 Å². The first-order chi connectivity index (χ1) is 4.54. The van der Waals surface area contributed by atoms with Gasteiger partial charge >= 0.3 is 0 Å². The summed E-state index contributed by atoms with van der Waals surface area (Å²) in [6.45, 7) is 10.8. The van der Waals surface area contributed by atoms with Gasteiger partial charge in [-0.15, -0.1) is 0 Å². The van der Waals surface area contributed by atoms with Crippen molar-refractivity contribution in [1.29, 1.82) is 0 Å². The zero-order valence-electron chi connectivity index (χ0n) is 7.78. The highest BCUT2D eigenvalue weighted by Gasteiger charge is 1.87. The van der Waals surface area contributed by atoms with Gasteiger partial charge < -0.3 is 0 Å². The van der Waals surface area contributed by atoms with Crippen molar-refractivity contribution >= 4 is 0 Å². The standard InChI is InChI=1S/C10H18/c1-8(2)6-7-10(5)9(3)4/h6H,7H2,1-5H3. The molecule has 0 aromatic rings. The van der Waals surface area contributed by atoms with Gasteiger partial charge in [0.1, 0.15) is 0 Å². The number of allylic oxidation sites excluding steroid dienone is 4. The normalized spacial score (nSPS) is 8.90. The predicted molar refractivity (Wildman–Crippen MR) is 48.1 cm³/mol. The molecule has 0 bridgehead atoms. The van der Waals surface area contributed by atoms with E-state index in [4.69, 9.17) is 0 Å². The molecule has 0 aliphatic heterocycles. The minimum absolute atomic E-state index is 1.12. The van der Waals surface area contributed by atoms with Crippen LogP contribution in [0.5, 0.6) is 0 Å². The first-order valence-electron chi connectivity index (χ1n) is 3.80. The maximum atomic E-state index is 2.27. The summed E-state index contributed by atoms with van der Waals surface area (Å²) in [5.74, 6) is 0. The molecule has 0 N–H and O–H groups in total. The van der Waals surface area contributed by atoms with Gasteiger partial charge in [0.25, 0.3) is 0 Å². The first-order valence-corrected chi connectivity index (χ1v) is 3.80. The van der Waals surface area contributed by atoms with Crippen molar-refractivity contribution in [3.05, 3.63) is 22.8 Å². The van der Waals surface area contributed by atoms with E-state index in [-0.39, 0.29) is 0 Å². The lowest BCUT2D eigenvalue weighted by molar-refractivity contribution is 1.11. The fraction of sp³-hybridized carbons (Fsp3) is 0.600. The number of hydrogen-bond donors (Lipinski definition) is 0. The molecule has 0 heteroatoms. The smallest absolute Gasteiger partial charge is 0.0137 e. The lowest BCUT2D eigenvalue weighted by Crippen LogP contribution is -1.77. The largest absolute Gasteiger partial charge is 0.0818 e. The monoisotopic (exact) mass is 138 g/mol. The topological polar surface area (TPSA) is 0 Å². The molecule has 0 aliphatic carbocycles. The Kier molecular flexibility index (Phi) is 4.10. The van der Waals surface area contributed by atoms with E-state index in [9.17, 15) is 0 Å². The summed E-state index contributed by atoms with van der Waals surface area (Å²) in [6, 6.07) is 0. The molecule has 0 aliphatic rings. The Labute approximate surface area is 64.6 Å². The van der Waals surface area contributed by atoms with Gasteiger partial charge in [-0.3, -0.25) is 0 Å². The van der Waals surface area contributed by atoms with Crippen molar-refractivity contribution in [2.24, 2.45) is 0 Å². The summed E-state index contributed by atoms with van der Waals surface area (Å²) in [4.78, 5) is 0. The zero-order valence-corrected chi connectivity index (χ0v) is 7.78. The van der Waals surface area contributed by atoms with Gasteiger partial charge in [0.05, 0.1) is 0 Å². The third kappa shape index (κ3) is 4.37. The van der Waals surface area contributed by atoms with Crippen LogP contribution in [0, 0.1) is 0 Å². The molecule has 0 spiro atoms. The van der Waals surface area contributed by atoms with Crippen LogP contribution in [0.15, 0.2) is 22.8 Å². The second-order valence-corrected chi connectivity index (χ2v) is 3.27. The molecule has 0 nitrogen and oxygen atoms in total. The lowest BCUT2D eigenvalue weighted by Gasteiger charge is -1.98. The van der Waals surface area contributed by atoms with Crippen molar-refractivity contribution in [3.63, 3.8) is 0 Å². The first kappa shape index (κ1) is 9.48. The molecule has 0 amide bonds. The van der Waals surface area contributed by atoms with Crippen molar-refractivity contribution in [2.75, 3.05) is 0 Å². The molecule has 0 aromatic heterocycles. The van der Waals surface area contributed by atoms with Crippen molar-refractivity contribution in [1.82, 2.24) is 0 Å². The lowest BCUT2D eigenvalue weighted by atomic mass is 10.1. The van der Waals surface area contributed by atoms with Crippen LogP contribution in [0.2, 0.25) is 0 Å². The van der Waals surface area contributed by atoms with Gasteiger partial charge in [0.2, 0.25) is 0 Å². The van der Waals surface area contributed by atoms with Gasteiger partial charge in [0.15, 0.2) is 0 Å². The van der Waals surface area contributed by atoms with Crippen LogP contribution in [0.1, 0.15) is 41.0 Å². The zero-order chi connectivity index (χ0) is 8.15. The van der Waals surface area contributed by atoms with Gasteiger partial charge in [-0.1, -0.05) is 22.8 Å². The van der Waals surface area contributed by atoms with E-state index in [0.29, 0.717) is 0 Å². The molecule has 0 fully saturated rings. The average molecular weight is 138 g/mol. The number of hydrogen-bond acceptors (Lipinski definition) is 0. The summed E-state index contributed by atoms with van der Waals surface area (Å²) in [5, 5.41) is 0. The second kappa shape index (κ2) is 4.32. The van der Waals surface area contributed by atoms with Crippen molar-refractivity contribution < 1.29 is 0 Å². The Morgan fingerprint density at radius 1 is 1.00 bits per heavy atom. The molecule has 0 rings (SSSR count). The molecule has 0 saturated heterocycles. The Morgan fingerprint density at radius 2 is 1.50 bits per heavy atom. The van der Waals surface area contributed by atoms with E-state index >= 15 is 0 Å². The molecule has 0 aromatic carbocycles. The summed E-state index contributed by atoms with van der Waals surface area (Å²) in [6.07, 6.45) is 3.38. The summed E-state index contributed by atoms with van der Waals surface area (Å²) >= 11 is 0. The van der Waals surface area contributed by atoms with E-state index in [1.54, 1.807) is 0 Å². The Morgan fingerprint density at radius 3 is 1.80 bits per heavy atom. The third-order valence-electron chi connectivity index (χ3n) is 1.67. The van der Waals surface area contributed by atoms with Gasteiger partial charge in [0, 0.05) is 0 Å². The second-order valence-electron chi connectivity index (χ2n) is 3.27. The summed E-state index contributed by atoms with van der Waals surface area (Å²) in [7, 11) is 0. The highest BCUT2D eigenvalue weighted by Crippen LogP contribution is 2.08. The van der Waals surface area contributed by atoms with Crippen LogP contribution in [-0.2, 0) is 0 Å². The highest BCUT2D eigenvalue weighted by atomic mass is 13.9. The van der Waals surface area contributed by atoms with Crippen LogP contribution in [0.4, 0.5) is 0 Å². The molecule has 0 radical (unpaired) electrons. The van der Waals surface area contributed by atoms with E-state index < -0.39 is 0 Å². The third-order valence-corrected chi connectivity index (χ3v) is 1.67.